The van der Waals surface area contributed by atoms with Crippen molar-refractivity contribution in [1.82, 2.24) is 9.47 Å². The number of carbonyl (C=O) groups is 1. The number of ether oxygens (including phenoxy) is 1. The highest BCUT2D eigenvalue weighted by atomic mass is 16.5. The Morgan fingerprint density at radius 1 is 1.16 bits per heavy atom. The molecule has 1 saturated carbocycles. The minimum Gasteiger partial charge on any atom is -0.379 e. The fourth-order valence-electron chi connectivity index (χ4n) is 3.90. The molecule has 2 aromatic rings. The maximum absolute atomic E-state index is 12.9. The van der Waals surface area contributed by atoms with Gasteiger partial charge in [-0.15, -0.1) is 0 Å². The Bertz CT molecular complexity index is 825. The molecule has 132 valence electrons. The number of aromatic nitrogens is 1. The molecule has 1 amide bonds. The first-order valence-corrected chi connectivity index (χ1v) is 9.16. The zero-order valence-electron chi connectivity index (χ0n) is 14.4. The average molecular weight is 340 g/mol. The van der Waals surface area contributed by atoms with Gasteiger partial charge < -0.3 is 14.2 Å². The fraction of sp³-hybridized carbons (Fsp3) is 0.500. The van der Waals surface area contributed by atoms with E-state index in [0.717, 1.165) is 18.7 Å². The molecule has 1 aromatic heterocycles. The Hall–Kier alpha value is -2.14. The lowest BCUT2D eigenvalue weighted by atomic mass is 9.76. The maximum Gasteiger partial charge on any atom is 0.242 e. The van der Waals surface area contributed by atoms with Crippen molar-refractivity contribution in [2.24, 2.45) is 11.8 Å². The Balaban J connectivity index is 1.53. The summed E-state index contributed by atoms with van der Waals surface area (Å²) < 4.78 is 7.62. The van der Waals surface area contributed by atoms with Gasteiger partial charge >= 0.3 is 0 Å². The highest BCUT2D eigenvalue weighted by Crippen LogP contribution is 2.34. The van der Waals surface area contributed by atoms with Crippen molar-refractivity contribution >= 4 is 16.8 Å². The summed E-state index contributed by atoms with van der Waals surface area (Å²) in [6.45, 7) is 3.09. The van der Waals surface area contributed by atoms with Gasteiger partial charge in [-0.25, -0.2) is 0 Å². The molecule has 0 bridgehead atoms. The number of carbonyl (C=O) groups excluding carboxylic acids is 1. The van der Waals surface area contributed by atoms with Crippen LogP contribution in [0.4, 0.5) is 0 Å². The van der Waals surface area contributed by atoms with Crippen LogP contribution in [0, 0.1) is 11.8 Å². The molecule has 2 fully saturated rings. The zero-order chi connectivity index (χ0) is 17.2. The van der Waals surface area contributed by atoms with E-state index in [2.05, 4.69) is 0 Å². The molecule has 5 nitrogen and oxygen atoms in total. The molecule has 2 heterocycles. The summed E-state index contributed by atoms with van der Waals surface area (Å²) in [7, 11) is 0. The van der Waals surface area contributed by atoms with E-state index in [-0.39, 0.29) is 17.9 Å². The molecule has 1 aromatic carbocycles. The number of benzene rings is 1. The van der Waals surface area contributed by atoms with Crippen LogP contribution < -0.4 is 5.43 Å². The topological polar surface area (TPSA) is 51.5 Å². The summed E-state index contributed by atoms with van der Waals surface area (Å²) >= 11 is 0. The second-order valence-corrected chi connectivity index (χ2v) is 7.19. The minimum atomic E-state index is -0.00693. The SMILES string of the molecule is O=C(Cn1ccc(=O)c2ccccc21)N1CCOCC(C2CCC2)C1. The molecule has 2 aliphatic rings. The van der Waals surface area contributed by atoms with Crippen LogP contribution in [0.5, 0.6) is 0 Å². The van der Waals surface area contributed by atoms with E-state index in [4.69, 9.17) is 4.74 Å². The predicted molar refractivity (Wildman–Crippen MR) is 96.4 cm³/mol. The lowest BCUT2D eigenvalue weighted by molar-refractivity contribution is -0.132. The average Bonchev–Trinajstić information content (AvgIpc) is 2.82. The lowest BCUT2D eigenvalue weighted by Crippen LogP contribution is -2.40. The van der Waals surface area contributed by atoms with Crippen LogP contribution in [0.25, 0.3) is 10.9 Å². The van der Waals surface area contributed by atoms with Crippen molar-refractivity contribution in [3.63, 3.8) is 0 Å². The highest BCUT2D eigenvalue weighted by Gasteiger charge is 2.31. The van der Waals surface area contributed by atoms with Gasteiger partial charge in [0.05, 0.1) is 18.7 Å². The molecule has 4 rings (SSSR count). The number of pyridine rings is 1. The standard InChI is InChI=1S/C20H24N2O3/c23-19-8-9-21(18-7-2-1-6-17(18)19)13-20(24)22-10-11-25-14-16(12-22)15-4-3-5-15/h1-2,6-9,15-16H,3-5,10-14H2. The summed E-state index contributed by atoms with van der Waals surface area (Å²) in [6.07, 6.45) is 5.56. The van der Waals surface area contributed by atoms with E-state index in [1.807, 2.05) is 33.7 Å². The number of hydrogen-bond acceptors (Lipinski definition) is 3. The second kappa shape index (κ2) is 7.00. The van der Waals surface area contributed by atoms with Gasteiger partial charge in [0.25, 0.3) is 0 Å². The Morgan fingerprint density at radius 3 is 2.80 bits per heavy atom. The van der Waals surface area contributed by atoms with E-state index in [0.29, 0.717) is 30.4 Å². The molecular weight excluding hydrogens is 316 g/mol. The number of nitrogens with zero attached hydrogens (tertiary/aromatic N) is 2. The first-order valence-electron chi connectivity index (χ1n) is 9.16. The molecule has 1 atom stereocenters. The molecule has 1 unspecified atom stereocenters. The number of fused-ring (bicyclic) bond motifs is 1. The number of hydrogen-bond donors (Lipinski definition) is 0. The Labute approximate surface area is 147 Å². The van der Waals surface area contributed by atoms with Gasteiger partial charge in [0, 0.05) is 36.7 Å². The van der Waals surface area contributed by atoms with Gasteiger partial charge in [-0.3, -0.25) is 9.59 Å². The maximum atomic E-state index is 12.9. The van der Waals surface area contributed by atoms with Crippen LogP contribution >= 0.6 is 0 Å². The van der Waals surface area contributed by atoms with Gasteiger partial charge in [0.1, 0.15) is 6.54 Å². The van der Waals surface area contributed by atoms with Crippen LogP contribution in [0.3, 0.4) is 0 Å². The second-order valence-electron chi connectivity index (χ2n) is 7.19. The van der Waals surface area contributed by atoms with Gasteiger partial charge in [-0.1, -0.05) is 31.4 Å². The minimum absolute atomic E-state index is 0.00693. The lowest BCUT2D eigenvalue weighted by Gasteiger charge is -2.35. The van der Waals surface area contributed by atoms with Gasteiger partial charge in [0.15, 0.2) is 5.43 Å². The third-order valence-electron chi connectivity index (χ3n) is 5.65. The first kappa shape index (κ1) is 16.3. The van der Waals surface area contributed by atoms with Crippen LogP contribution in [-0.2, 0) is 16.1 Å². The summed E-state index contributed by atoms with van der Waals surface area (Å²) in [5.41, 5.74) is 0.803. The molecule has 1 saturated heterocycles. The van der Waals surface area contributed by atoms with Gasteiger partial charge in [0.2, 0.25) is 5.91 Å². The van der Waals surface area contributed by atoms with Crippen molar-refractivity contribution in [3.05, 3.63) is 46.8 Å². The van der Waals surface area contributed by atoms with Crippen molar-refractivity contribution in [2.75, 3.05) is 26.3 Å². The van der Waals surface area contributed by atoms with Gasteiger partial charge in [-0.05, 0) is 18.1 Å². The molecule has 1 aliphatic carbocycles. The number of amides is 1. The summed E-state index contributed by atoms with van der Waals surface area (Å²) in [5.74, 6) is 1.27. The van der Waals surface area contributed by atoms with Gasteiger partial charge in [-0.2, -0.15) is 0 Å². The zero-order valence-corrected chi connectivity index (χ0v) is 14.4. The molecule has 0 N–H and O–H groups in total. The largest absolute Gasteiger partial charge is 0.379 e. The quantitative estimate of drug-likeness (QED) is 0.861. The monoisotopic (exact) mass is 340 g/mol. The van der Waals surface area contributed by atoms with E-state index >= 15 is 0 Å². The number of rotatable bonds is 3. The fourth-order valence-corrected chi connectivity index (χ4v) is 3.90. The van der Waals surface area contributed by atoms with Crippen LogP contribution in [-0.4, -0.2) is 41.7 Å². The van der Waals surface area contributed by atoms with E-state index in [1.165, 1.54) is 25.3 Å². The van der Waals surface area contributed by atoms with Crippen molar-refractivity contribution in [1.29, 1.82) is 0 Å². The molecule has 5 heteroatoms. The van der Waals surface area contributed by atoms with Crippen LogP contribution in [0.2, 0.25) is 0 Å². The van der Waals surface area contributed by atoms with Crippen molar-refractivity contribution in [2.45, 2.75) is 25.8 Å². The summed E-state index contributed by atoms with van der Waals surface area (Å²) in [6, 6.07) is 9.00. The highest BCUT2D eigenvalue weighted by molar-refractivity contribution is 5.82. The summed E-state index contributed by atoms with van der Waals surface area (Å²) in [4.78, 5) is 26.8. The molecule has 0 spiro atoms. The normalized spacial score (nSPS) is 21.8. The van der Waals surface area contributed by atoms with E-state index < -0.39 is 0 Å². The predicted octanol–water partition coefficient (Wildman–Crippen LogP) is 2.28. The molecule has 1 aliphatic heterocycles. The third-order valence-corrected chi connectivity index (χ3v) is 5.65. The van der Waals surface area contributed by atoms with Crippen molar-refractivity contribution in [3.8, 4) is 0 Å². The van der Waals surface area contributed by atoms with Crippen LogP contribution in [0.15, 0.2) is 41.3 Å². The Morgan fingerprint density at radius 2 is 2.00 bits per heavy atom. The van der Waals surface area contributed by atoms with E-state index in [9.17, 15) is 9.59 Å². The third kappa shape index (κ3) is 3.33. The van der Waals surface area contributed by atoms with Crippen molar-refractivity contribution < 1.29 is 9.53 Å². The smallest absolute Gasteiger partial charge is 0.242 e. The Kier molecular flexibility index (Phi) is 4.57. The molecule has 25 heavy (non-hydrogen) atoms. The molecular formula is C20H24N2O3. The first-order chi connectivity index (χ1) is 12.2. The van der Waals surface area contributed by atoms with E-state index in [1.54, 1.807) is 6.20 Å². The number of para-hydroxylation sites is 1. The molecule has 0 radical (unpaired) electrons. The van der Waals surface area contributed by atoms with Crippen LogP contribution in [0.1, 0.15) is 19.3 Å². The summed E-state index contributed by atoms with van der Waals surface area (Å²) in [5, 5.41) is 0.657.